The first-order valence-corrected chi connectivity index (χ1v) is 6.89. The number of imidazole rings is 1. The van der Waals surface area contributed by atoms with E-state index in [0.717, 1.165) is 0 Å². The number of rotatable bonds is 6. The average Bonchev–Trinajstić information content (AvgIpc) is 2.99. The first-order chi connectivity index (χ1) is 9.72. The number of methoxy groups -OCH3 is 1. The van der Waals surface area contributed by atoms with Gasteiger partial charge in [0.05, 0.1) is 12.9 Å². The van der Waals surface area contributed by atoms with Gasteiger partial charge in [-0.15, -0.1) is 0 Å². The van der Waals surface area contributed by atoms with E-state index < -0.39 is 0 Å². The van der Waals surface area contributed by atoms with Gasteiger partial charge in [0.1, 0.15) is 6.33 Å². The monoisotopic (exact) mass is 294 g/mol. The van der Waals surface area contributed by atoms with Crippen molar-refractivity contribution >= 4 is 23.7 Å². The molecule has 0 bridgehead atoms. The van der Waals surface area contributed by atoms with Crippen LogP contribution in [0.15, 0.2) is 23.9 Å². The van der Waals surface area contributed by atoms with Gasteiger partial charge < -0.3 is 10.1 Å². The van der Waals surface area contributed by atoms with Crippen LogP contribution in [0.25, 0.3) is 5.95 Å². The zero-order valence-corrected chi connectivity index (χ0v) is 11.9. The van der Waals surface area contributed by atoms with Crippen molar-refractivity contribution in [3.63, 3.8) is 0 Å². The molecule has 0 saturated heterocycles. The van der Waals surface area contributed by atoms with Gasteiger partial charge in [0.25, 0.3) is 0 Å². The van der Waals surface area contributed by atoms with Gasteiger partial charge >= 0.3 is 5.97 Å². The highest BCUT2D eigenvalue weighted by Gasteiger charge is 2.10. The third-order valence-corrected chi connectivity index (χ3v) is 3.04. The van der Waals surface area contributed by atoms with E-state index in [-0.39, 0.29) is 11.7 Å². The summed E-state index contributed by atoms with van der Waals surface area (Å²) >= 11 is 1.19. The van der Waals surface area contributed by atoms with Crippen LogP contribution in [0.4, 0.5) is 5.95 Å². The first kappa shape index (κ1) is 14.3. The van der Waals surface area contributed by atoms with E-state index in [4.69, 9.17) is 0 Å². The summed E-state index contributed by atoms with van der Waals surface area (Å²) in [7, 11) is 1.34. The van der Waals surface area contributed by atoms with Crippen LogP contribution in [-0.2, 0) is 9.53 Å². The van der Waals surface area contributed by atoms with Crippen molar-refractivity contribution in [1.29, 1.82) is 0 Å². The van der Waals surface area contributed by atoms with Crippen molar-refractivity contribution in [3.8, 4) is 5.95 Å². The smallest absolute Gasteiger partial charge is 0.316 e. The second-order valence-electron chi connectivity index (χ2n) is 3.61. The minimum Gasteiger partial charge on any atom is -0.468 e. The Morgan fingerprint density at radius 2 is 2.30 bits per heavy atom. The molecule has 0 amide bonds. The summed E-state index contributed by atoms with van der Waals surface area (Å²) in [5.41, 5.74) is 0. The summed E-state index contributed by atoms with van der Waals surface area (Å²) in [4.78, 5) is 27.9. The summed E-state index contributed by atoms with van der Waals surface area (Å²) in [6, 6.07) is 0. The first-order valence-electron chi connectivity index (χ1n) is 5.90. The Morgan fingerprint density at radius 1 is 1.45 bits per heavy atom. The molecule has 0 aliphatic carbocycles. The lowest BCUT2D eigenvalue weighted by atomic mass is 10.7. The predicted molar refractivity (Wildman–Crippen MR) is 73.9 cm³/mol. The molecule has 20 heavy (non-hydrogen) atoms. The normalized spacial score (nSPS) is 10.3. The average molecular weight is 294 g/mol. The summed E-state index contributed by atoms with van der Waals surface area (Å²) < 4.78 is 6.26. The molecule has 0 atom stereocenters. The Kier molecular flexibility index (Phi) is 4.88. The third-order valence-electron chi connectivity index (χ3n) is 2.22. The lowest BCUT2D eigenvalue weighted by Crippen LogP contribution is -2.10. The molecule has 8 nitrogen and oxygen atoms in total. The molecule has 2 aromatic rings. The molecule has 1 N–H and O–H groups in total. The van der Waals surface area contributed by atoms with Crippen LogP contribution in [0.2, 0.25) is 0 Å². The van der Waals surface area contributed by atoms with Gasteiger partial charge in [-0.3, -0.25) is 9.36 Å². The van der Waals surface area contributed by atoms with Gasteiger partial charge in [0.2, 0.25) is 11.9 Å². The molecule has 0 unspecified atom stereocenters. The maximum atomic E-state index is 11.2. The molecule has 106 valence electrons. The molecular weight excluding hydrogens is 280 g/mol. The fourth-order valence-electron chi connectivity index (χ4n) is 1.32. The second kappa shape index (κ2) is 6.85. The van der Waals surface area contributed by atoms with E-state index in [1.165, 1.54) is 18.9 Å². The van der Waals surface area contributed by atoms with Gasteiger partial charge in [-0.2, -0.15) is 15.0 Å². The van der Waals surface area contributed by atoms with E-state index in [1.807, 2.05) is 6.92 Å². The van der Waals surface area contributed by atoms with Crippen LogP contribution in [0.3, 0.4) is 0 Å². The van der Waals surface area contributed by atoms with Gasteiger partial charge in [-0.25, -0.2) is 4.98 Å². The summed E-state index contributed by atoms with van der Waals surface area (Å²) in [5, 5.41) is 3.48. The Morgan fingerprint density at radius 3 is 2.95 bits per heavy atom. The number of carbonyl (C=O) groups is 1. The van der Waals surface area contributed by atoms with Gasteiger partial charge in [0.15, 0.2) is 5.16 Å². The molecule has 2 rings (SSSR count). The third kappa shape index (κ3) is 3.67. The van der Waals surface area contributed by atoms with Crippen molar-refractivity contribution in [2.75, 3.05) is 24.7 Å². The highest BCUT2D eigenvalue weighted by Crippen LogP contribution is 2.16. The number of carbonyl (C=O) groups excluding carboxylic acids is 1. The van der Waals surface area contributed by atoms with Crippen molar-refractivity contribution in [2.45, 2.75) is 12.1 Å². The predicted octanol–water partition coefficient (Wildman–Crippen LogP) is 0.754. The van der Waals surface area contributed by atoms with E-state index in [0.29, 0.717) is 23.6 Å². The van der Waals surface area contributed by atoms with Crippen LogP contribution >= 0.6 is 11.8 Å². The van der Waals surface area contributed by atoms with E-state index in [1.54, 1.807) is 23.3 Å². The lowest BCUT2D eigenvalue weighted by molar-refractivity contribution is -0.137. The Balaban J connectivity index is 2.24. The summed E-state index contributed by atoms with van der Waals surface area (Å²) in [6.45, 7) is 2.64. The molecule has 0 aliphatic rings. The van der Waals surface area contributed by atoms with Gasteiger partial charge in [-0.1, -0.05) is 11.8 Å². The molecule has 0 radical (unpaired) electrons. The number of hydrogen-bond acceptors (Lipinski definition) is 8. The fraction of sp³-hybridized carbons (Fsp3) is 0.364. The van der Waals surface area contributed by atoms with Crippen LogP contribution < -0.4 is 5.32 Å². The fourth-order valence-corrected chi connectivity index (χ4v) is 1.98. The van der Waals surface area contributed by atoms with E-state index >= 15 is 0 Å². The number of hydrogen-bond donors (Lipinski definition) is 1. The molecule has 2 heterocycles. The second-order valence-corrected chi connectivity index (χ2v) is 4.55. The largest absolute Gasteiger partial charge is 0.468 e. The van der Waals surface area contributed by atoms with Crippen molar-refractivity contribution < 1.29 is 9.53 Å². The zero-order valence-electron chi connectivity index (χ0n) is 11.1. The zero-order chi connectivity index (χ0) is 14.4. The summed E-state index contributed by atoms with van der Waals surface area (Å²) in [5.74, 6) is 0.721. The molecule has 0 saturated carbocycles. The number of thioether (sulfide) groups is 1. The maximum absolute atomic E-state index is 11.2. The van der Waals surface area contributed by atoms with Crippen molar-refractivity contribution in [1.82, 2.24) is 24.5 Å². The lowest BCUT2D eigenvalue weighted by Gasteiger charge is -2.07. The quantitative estimate of drug-likeness (QED) is 0.616. The van der Waals surface area contributed by atoms with Gasteiger partial charge in [0, 0.05) is 18.9 Å². The van der Waals surface area contributed by atoms with Gasteiger partial charge in [-0.05, 0) is 6.92 Å². The number of esters is 1. The molecular formula is C11H14N6O2S. The van der Waals surface area contributed by atoms with Crippen LogP contribution in [0, 0.1) is 0 Å². The van der Waals surface area contributed by atoms with E-state index in [9.17, 15) is 4.79 Å². The SMILES string of the molecule is CCNc1nc(SCC(=O)OC)nc(-n2ccnc2)n1. The molecule has 0 spiro atoms. The minimum atomic E-state index is -0.329. The van der Waals surface area contributed by atoms with Crippen LogP contribution in [0.1, 0.15) is 6.92 Å². The van der Waals surface area contributed by atoms with Crippen molar-refractivity contribution in [2.24, 2.45) is 0 Å². The topological polar surface area (TPSA) is 94.8 Å². The molecule has 0 aromatic carbocycles. The molecule has 9 heteroatoms. The minimum absolute atomic E-state index is 0.148. The summed E-state index contributed by atoms with van der Waals surface area (Å²) in [6.07, 6.45) is 4.97. The maximum Gasteiger partial charge on any atom is 0.316 e. The molecule has 2 aromatic heterocycles. The number of aromatic nitrogens is 5. The number of ether oxygens (including phenoxy) is 1. The molecule has 0 aliphatic heterocycles. The Bertz CT molecular complexity index is 574. The number of anilines is 1. The highest BCUT2D eigenvalue weighted by molar-refractivity contribution is 7.99. The van der Waals surface area contributed by atoms with Crippen LogP contribution in [0.5, 0.6) is 0 Å². The standard InChI is InChI=1S/C11H14N6O2S/c1-3-13-9-14-10(17-5-4-12-7-17)16-11(15-9)20-6-8(18)19-2/h4-5,7H,3,6H2,1-2H3,(H,13,14,15,16). The van der Waals surface area contributed by atoms with Crippen LogP contribution in [-0.4, -0.2) is 49.9 Å². The Hall–Kier alpha value is -2.16. The Labute approximate surface area is 120 Å². The van der Waals surface area contributed by atoms with Crippen molar-refractivity contribution in [3.05, 3.63) is 18.7 Å². The highest BCUT2D eigenvalue weighted by atomic mass is 32.2. The number of nitrogens with one attached hydrogen (secondary N) is 1. The number of nitrogens with zero attached hydrogens (tertiary/aromatic N) is 5. The molecule has 0 fully saturated rings. The van der Waals surface area contributed by atoms with E-state index in [2.05, 4.69) is 30.0 Å².